The van der Waals surface area contributed by atoms with Gasteiger partial charge in [-0.15, -0.1) is 0 Å². The largest absolute Gasteiger partial charge is 0.479 e. The van der Waals surface area contributed by atoms with Crippen molar-refractivity contribution >= 4 is 59.4 Å². The monoisotopic (exact) mass is 1370 g/mol. The van der Waals surface area contributed by atoms with Crippen LogP contribution in [0.4, 0.5) is 9.59 Å². The highest BCUT2D eigenvalue weighted by Crippen LogP contribution is 2.30. The Morgan fingerprint density at radius 3 is 1.40 bits per heavy atom. The lowest BCUT2D eigenvalue weighted by atomic mass is 9.99. The van der Waals surface area contributed by atoms with Gasteiger partial charge in [-0.3, -0.25) is 24.0 Å². The number of unbranched alkanes of at least 4 members (excludes halogenated alkanes) is 1. The van der Waals surface area contributed by atoms with Crippen molar-refractivity contribution in [2.45, 2.75) is 120 Å². The predicted octanol–water partition coefficient (Wildman–Crippen LogP) is -4.63. The maximum atomic E-state index is 13.4. The van der Waals surface area contributed by atoms with Gasteiger partial charge in [-0.2, -0.15) is 0 Å². The SMILES string of the molecule is CC/C(C)=N\OCCOCCOCCNC(=O)[C@H](CCCCNC(=O)COCCOCCNC(=O)c1cc(COC(N)=O)ccc1O[C@@H]1O[C@H](C(=O)O)[C@@H](O)[C@H](O)[C@H]1O)NC(=O)COCCOCCNC(=O)c1cc(COC(N)=O)ccc1O[C@@H]1O[C@H](C(=O)O)[C@@H](O)[C@H](O)[C@H]1O. The summed E-state index contributed by atoms with van der Waals surface area (Å²) in [5, 5.41) is 97.5. The van der Waals surface area contributed by atoms with E-state index in [1.165, 1.54) is 36.4 Å². The molecule has 0 radical (unpaired) electrons. The van der Waals surface area contributed by atoms with Crippen LogP contribution in [0, 0.1) is 0 Å². The number of nitrogens with one attached hydrogen (secondary N) is 5. The number of carbonyl (C=O) groups excluding carboxylic acids is 7. The van der Waals surface area contributed by atoms with E-state index in [0.29, 0.717) is 19.4 Å². The number of amides is 7. The molecule has 538 valence electrons. The van der Waals surface area contributed by atoms with Crippen molar-refractivity contribution in [3.63, 3.8) is 0 Å². The fraction of sp³-hybridized carbons (Fsp3) is 0.621. The highest BCUT2D eigenvalue weighted by Gasteiger charge is 2.50. The molecule has 2 aromatic rings. The molecule has 11 atom stereocenters. The average molecular weight is 1380 g/mol. The maximum absolute atomic E-state index is 13.4. The lowest BCUT2D eigenvalue weighted by Gasteiger charge is -2.38. The summed E-state index contributed by atoms with van der Waals surface area (Å²) in [5.74, 6) is -6.98. The molecule has 0 saturated carbocycles. The van der Waals surface area contributed by atoms with Gasteiger partial charge in [0.25, 0.3) is 11.8 Å². The van der Waals surface area contributed by atoms with Crippen LogP contribution in [0.3, 0.4) is 0 Å². The molecule has 0 aromatic heterocycles. The molecule has 0 bridgehead atoms. The molecule has 0 unspecified atom stereocenters. The number of carbonyl (C=O) groups is 9. The molecule has 96 heavy (non-hydrogen) atoms. The van der Waals surface area contributed by atoms with Crippen LogP contribution in [0.25, 0.3) is 0 Å². The third-order valence-electron chi connectivity index (χ3n) is 13.6. The second-order valence-corrected chi connectivity index (χ2v) is 20.9. The summed E-state index contributed by atoms with van der Waals surface area (Å²) in [7, 11) is 0. The topological polar surface area (TPSA) is 560 Å². The molecule has 0 aliphatic carbocycles. The van der Waals surface area contributed by atoms with Gasteiger partial charge in [0.1, 0.15) is 87.2 Å². The minimum Gasteiger partial charge on any atom is -0.479 e. The van der Waals surface area contributed by atoms with Crippen LogP contribution in [0.2, 0.25) is 0 Å². The number of carboxylic acid groups (broad SMARTS) is 2. The summed E-state index contributed by atoms with van der Waals surface area (Å²) in [6, 6.07) is 6.69. The van der Waals surface area contributed by atoms with Crippen LogP contribution in [0.15, 0.2) is 41.6 Å². The van der Waals surface area contributed by atoms with Gasteiger partial charge in [-0.05, 0) is 68.0 Å². The Labute approximate surface area is 549 Å². The van der Waals surface area contributed by atoms with Crippen LogP contribution in [0.5, 0.6) is 11.5 Å². The van der Waals surface area contributed by atoms with Gasteiger partial charge in [0.2, 0.25) is 30.3 Å². The number of hydrogen-bond donors (Lipinski definition) is 15. The van der Waals surface area contributed by atoms with Crippen LogP contribution >= 0.6 is 0 Å². The van der Waals surface area contributed by atoms with E-state index in [2.05, 4.69) is 31.7 Å². The molecule has 17 N–H and O–H groups in total. The standard InChI is InChI=1S/C58H86N8O30/c1-3-32(2)66-92-25-24-87-19-18-84-17-14-64-52(77)37(65-41(68)31-89-23-21-86-16-13-63-51(76)36-27-34(29-91-58(60)83)8-10-39(36)94-56-47(74)43(70)45(72)49(96-56)54(80)81)6-4-5-11-61-40(67)30-88-22-20-85-15-12-62-50(75)35-26-33(28-90-57(59)82)7-9-38(35)93-55-46(73)42(69)44(71)48(95-55)53(78)79/h7-10,26-27,37,42-49,55-56,69-74H,3-6,11-25,28-31H2,1-2H3,(H2,59,82)(H2,60,83)(H,61,67)(H,62,75)(H,63,76)(H,64,77)(H,65,68)(H,78,79)(H,80,81)/b66-32-/t37-,42-,43-,44-,45-,46+,47+,48-,49-,55+,56+/m0/s1. The lowest BCUT2D eigenvalue weighted by molar-refractivity contribution is -0.271. The maximum Gasteiger partial charge on any atom is 0.404 e. The molecular formula is C58H86N8O30. The van der Waals surface area contributed by atoms with E-state index in [0.717, 1.165) is 12.1 Å². The molecule has 2 aliphatic rings. The zero-order chi connectivity index (χ0) is 70.5. The summed E-state index contributed by atoms with van der Waals surface area (Å²) in [4.78, 5) is 116. The average Bonchev–Trinajstić information content (AvgIpc) is 0.809. The van der Waals surface area contributed by atoms with Gasteiger partial charge in [0.15, 0.2) is 12.2 Å². The molecule has 7 amide bonds. The van der Waals surface area contributed by atoms with Crippen LogP contribution in [-0.2, 0) is 89.4 Å². The zero-order valence-corrected chi connectivity index (χ0v) is 52.7. The van der Waals surface area contributed by atoms with Gasteiger partial charge >= 0.3 is 24.1 Å². The molecular weight excluding hydrogens is 1290 g/mol. The second kappa shape index (κ2) is 43.8. The Morgan fingerprint density at radius 2 is 0.948 bits per heavy atom. The summed E-state index contributed by atoms with van der Waals surface area (Å²) in [5.41, 5.74) is 11.1. The van der Waals surface area contributed by atoms with Gasteiger partial charge in [-0.25, -0.2) is 19.2 Å². The van der Waals surface area contributed by atoms with E-state index in [4.69, 9.17) is 73.1 Å². The molecule has 2 fully saturated rings. The van der Waals surface area contributed by atoms with Crippen molar-refractivity contribution < 1.29 is 146 Å². The van der Waals surface area contributed by atoms with E-state index < -0.39 is 128 Å². The fourth-order valence-electron chi connectivity index (χ4n) is 8.45. The number of aliphatic hydroxyl groups excluding tert-OH is 6. The minimum atomic E-state index is -2.00. The van der Waals surface area contributed by atoms with E-state index in [9.17, 15) is 84.0 Å². The smallest absolute Gasteiger partial charge is 0.404 e. The Hall–Kier alpha value is -8.22. The first-order chi connectivity index (χ1) is 45.9. The first kappa shape index (κ1) is 80.2. The molecule has 38 heteroatoms. The second-order valence-electron chi connectivity index (χ2n) is 20.9. The fourth-order valence-corrected chi connectivity index (χ4v) is 8.45. The van der Waals surface area contributed by atoms with Crippen molar-refractivity contribution in [2.75, 3.05) is 112 Å². The van der Waals surface area contributed by atoms with Crippen molar-refractivity contribution in [1.29, 1.82) is 0 Å². The van der Waals surface area contributed by atoms with Crippen molar-refractivity contribution in [1.82, 2.24) is 26.6 Å². The number of primary amides is 2. The van der Waals surface area contributed by atoms with Gasteiger partial charge in [0, 0.05) is 26.2 Å². The van der Waals surface area contributed by atoms with Gasteiger partial charge in [-0.1, -0.05) is 24.2 Å². The summed E-state index contributed by atoms with van der Waals surface area (Å²) in [6.45, 7) is 3.26. The summed E-state index contributed by atoms with van der Waals surface area (Å²) >= 11 is 0. The Bertz CT molecular complexity index is 2840. The number of aliphatic carboxylic acids is 2. The van der Waals surface area contributed by atoms with Crippen molar-refractivity contribution in [2.24, 2.45) is 16.6 Å². The highest BCUT2D eigenvalue weighted by atomic mass is 16.7. The molecule has 2 heterocycles. The number of oxime groups is 1. The molecule has 2 aromatic carbocycles. The van der Waals surface area contributed by atoms with Crippen molar-refractivity contribution in [3.05, 3.63) is 58.7 Å². The van der Waals surface area contributed by atoms with E-state index in [-0.39, 0.29) is 152 Å². The number of carboxylic acids is 2. The Balaban J connectivity index is 1.18. The summed E-state index contributed by atoms with van der Waals surface area (Å²) < 4.78 is 64.0. The molecule has 2 saturated heterocycles. The number of ether oxygens (including phenoxy) is 12. The Kier molecular flexibility index (Phi) is 36.6. The number of nitrogens with zero attached hydrogens (tertiary/aromatic N) is 1. The molecule has 0 spiro atoms. The zero-order valence-electron chi connectivity index (χ0n) is 52.7. The van der Waals surface area contributed by atoms with Crippen LogP contribution in [0.1, 0.15) is 71.4 Å². The third kappa shape index (κ3) is 29.0. The number of benzene rings is 2. The van der Waals surface area contributed by atoms with E-state index >= 15 is 0 Å². The number of rotatable bonds is 46. The first-order valence-electron chi connectivity index (χ1n) is 30.2. The molecule has 2 aliphatic heterocycles. The van der Waals surface area contributed by atoms with Gasteiger partial charge in [0.05, 0.1) is 82.9 Å². The predicted molar refractivity (Wildman–Crippen MR) is 322 cm³/mol. The summed E-state index contributed by atoms with van der Waals surface area (Å²) in [6.07, 6.45) is -20.1. The quantitative estimate of drug-likeness (QED) is 0.0168. The van der Waals surface area contributed by atoms with Gasteiger partial charge < -0.3 is 141 Å². The third-order valence-corrected chi connectivity index (χ3v) is 13.6. The first-order valence-corrected chi connectivity index (χ1v) is 30.2. The highest BCUT2D eigenvalue weighted by molar-refractivity contribution is 5.98. The lowest BCUT2D eigenvalue weighted by Crippen LogP contribution is -2.61. The molecule has 4 rings (SSSR count). The number of hydrogen-bond acceptors (Lipinski definition) is 29. The molecule has 38 nitrogen and oxygen atoms in total. The normalized spacial score (nSPS) is 21.1. The van der Waals surface area contributed by atoms with Crippen LogP contribution < -0.4 is 47.5 Å². The number of aliphatic hydroxyl groups is 6. The number of nitrogens with two attached hydrogens (primary N) is 2. The Morgan fingerprint density at radius 1 is 0.521 bits per heavy atom. The van der Waals surface area contributed by atoms with Crippen LogP contribution in [-0.4, -0.2) is 280 Å². The van der Waals surface area contributed by atoms with E-state index in [1.54, 1.807) is 0 Å². The van der Waals surface area contributed by atoms with Crippen molar-refractivity contribution in [3.8, 4) is 11.5 Å². The van der Waals surface area contributed by atoms with E-state index in [1.807, 2.05) is 13.8 Å². The minimum absolute atomic E-state index is 0.00145.